The van der Waals surface area contributed by atoms with Gasteiger partial charge in [0.1, 0.15) is 6.10 Å². The number of hydrogen-bond acceptors (Lipinski definition) is 4. The topological polar surface area (TPSA) is 38.6 Å². The van der Waals surface area contributed by atoms with Gasteiger partial charge in [-0.2, -0.15) is 0 Å². The summed E-state index contributed by atoms with van der Waals surface area (Å²) in [6.45, 7) is 4.84. The number of ether oxygens (including phenoxy) is 1. The van der Waals surface area contributed by atoms with Crippen molar-refractivity contribution in [3.05, 3.63) is 23.0 Å². The van der Waals surface area contributed by atoms with E-state index in [1.165, 1.54) is 5.69 Å². The van der Waals surface area contributed by atoms with Gasteiger partial charge in [-0.15, -0.1) is 11.3 Å². The van der Waals surface area contributed by atoms with E-state index in [1.807, 2.05) is 0 Å². The monoisotopic (exact) mass is 237 g/mol. The Morgan fingerprint density at radius 3 is 3.44 bits per heavy atom. The Labute approximate surface area is 98.3 Å². The molecule has 1 saturated heterocycles. The first-order valence-electron chi connectivity index (χ1n) is 5.60. The van der Waals surface area contributed by atoms with E-state index in [2.05, 4.69) is 33.2 Å². The maximum absolute atomic E-state index is 5.84. The van der Waals surface area contributed by atoms with Crippen LogP contribution in [0.3, 0.4) is 0 Å². The number of aromatic nitrogens is 2. The summed E-state index contributed by atoms with van der Waals surface area (Å²) < 4.78 is 7.97. The lowest BCUT2D eigenvalue weighted by Crippen LogP contribution is -2.20. The van der Waals surface area contributed by atoms with Crippen LogP contribution in [0.25, 0.3) is 4.96 Å². The summed E-state index contributed by atoms with van der Waals surface area (Å²) in [4.78, 5) is 5.71. The molecule has 0 radical (unpaired) electrons. The summed E-state index contributed by atoms with van der Waals surface area (Å²) in [6.07, 6.45) is 3.25. The molecule has 1 unspecified atom stereocenters. The molecule has 1 aliphatic rings. The van der Waals surface area contributed by atoms with Crippen LogP contribution in [-0.2, 0) is 4.74 Å². The number of aryl methyl sites for hydroxylation is 1. The molecule has 1 atom stereocenters. The number of hydrogen-bond donors (Lipinski definition) is 1. The SMILES string of the molecule is Cc1c(C2CNCCCO2)nc2sccn12. The van der Waals surface area contributed by atoms with Crippen molar-refractivity contribution in [2.75, 3.05) is 19.7 Å². The summed E-state index contributed by atoms with van der Waals surface area (Å²) in [5.41, 5.74) is 2.28. The van der Waals surface area contributed by atoms with E-state index in [1.54, 1.807) is 11.3 Å². The zero-order valence-corrected chi connectivity index (χ0v) is 10.1. The van der Waals surface area contributed by atoms with Crippen molar-refractivity contribution in [1.29, 1.82) is 0 Å². The minimum absolute atomic E-state index is 0.106. The number of thiazole rings is 1. The molecule has 16 heavy (non-hydrogen) atoms. The molecule has 1 N–H and O–H groups in total. The zero-order chi connectivity index (χ0) is 11.0. The third-order valence-corrected chi connectivity index (χ3v) is 3.75. The van der Waals surface area contributed by atoms with Crippen LogP contribution in [-0.4, -0.2) is 29.1 Å². The standard InChI is InChI=1S/C11H15N3OS/c1-8-10(9-7-12-3-2-5-15-9)13-11-14(8)4-6-16-11/h4,6,9,12H,2-3,5,7H2,1H3. The minimum atomic E-state index is 0.106. The minimum Gasteiger partial charge on any atom is -0.370 e. The summed E-state index contributed by atoms with van der Waals surface area (Å²) in [6, 6.07) is 0. The van der Waals surface area contributed by atoms with E-state index in [0.717, 1.165) is 36.8 Å². The molecular formula is C11H15N3OS. The molecule has 1 fully saturated rings. The Hall–Kier alpha value is -0.910. The normalized spacial score (nSPS) is 22.4. The lowest BCUT2D eigenvalue weighted by Gasteiger charge is -2.13. The second-order valence-electron chi connectivity index (χ2n) is 4.06. The van der Waals surface area contributed by atoms with Crippen molar-refractivity contribution in [2.24, 2.45) is 0 Å². The third-order valence-electron chi connectivity index (χ3n) is 2.99. The lowest BCUT2D eigenvalue weighted by molar-refractivity contribution is 0.0638. The predicted octanol–water partition coefficient (Wildman–Crippen LogP) is 1.76. The van der Waals surface area contributed by atoms with Crippen molar-refractivity contribution < 1.29 is 4.74 Å². The second kappa shape index (κ2) is 4.16. The van der Waals surface area contributed by atoms with Gasteiger partial charge in [0.2, 0.25) is 0 Å². The third kappa shape index (κ3) is 1.65. The van der Waals surface area contributed by atoms with Crippen molar-refractivity contribution in [2.45, 2.75) is 19.4 Å². The smallest absolute Gasteiger partial charge is 0.194 e. The largest absolute Gasteiger partial charge is 0.370 e. The van der Waals surface area contributed by atoms with Gasteiger partial charge in [0.05, 0.1) is 5.69 Å². The van der Waals surface area contributed by atoms with Gasteiger partial charge in [-0.3, -0.25) is 4.40 Å². The Balaban J connectivity index is 1.97. The second-order valence-corrected chi connectivity index (χ2v) is 4.93. The van der Waals surface area contributed by atoms with Crippen LogP contribution < -0.4 is 5.32 Å². The number of imidazole rings is 1. The Morgan fingerprint density at radius 2 is 2.56 bits per heavy atom. The highest BCUT2D eigenvalue weighted by Gasteiger charge is 2.21. The first-order chi connectivity index (χ1) is 7.86. The highest BCUT2D eigenvalue weighted by molar-refractivity contribution is 7.15. The van der Waals surface area contributed by atoms with Crippen LogP contribution in [0.4, 0.5) is 0 Å². The summed E-state index contributed by atoms with van der Waals surface area (Å²) >= 11 is 1.67. The van der Waals surface area contributed by atoms with Crippen LogP contribution in [0.1, 0.15) is 23.9 Å². The van der Waals surface area contributed by atoms with Crippen molar-refractivity contribution in [3.63, 3.8) is 0 Å². The van der Waals surface area contributed by atoms with E-state index in [9.17, 15) is 0 Å². The molecule has 0 saturated carbocycles. The first kappa shape index (κ1) is 10.3. The first-order valence-corrected chi connectivity index (χ1v) is 6.48. The van der Waals surface area contributed by atoms with Gasteiger partial charge < -0.3 is 10.1 Å². The maximum atomic E-state index is 5.84. The molecule has 2 aromatic rings. The Kier molecular flexibility index (Phi) is 2.67. The molecule has 0 aromatic carbocycles. The Bertz CT molecular complexity index is 482. The quantitative estimate of drug-likeness (QED) is 0.821. The fraction of sp³-hybridized carbons (Fsp3) is 0.545. The molecule has 4 nitrogen and oxygen atoms in total. The molecule has 0 amide bonds. The van der Waals surface area contributed by atoms with Crippen LogP contribution >= 0.6 is 11.3 Å². The average Bonchev–Trinajstić information content (AvgIpc) is 2.74. The highest BCUT2D eigenvalue weighted by atomic mass is 32.1. The summed E-state index contributed by atoms with van der Waals surface area (Å²) in [5, 5.41) is 5.45. The van der Waals surface area contributed by atoms with Gasteiger partial charge in [-0.1, -0.05) is 0 Å². The predicted molar refractivity (Wildman–Crippen MR) is 64.0 cm³/mol. The average molecular weight is 237 g/mol. The van der Waals surface area contributed by atoms with Gasteiger partial charge >= 0.3 is 0 Å². The van der Waals surface area contributed by atoms with E-state index < -0.39 is 0 Å². The number of nitrogens with zero attached hydrogens (tertiary/aromatic N) is 2. The molecule has 86 valence electrons. The van der Waals surface area contributed by atoms with E-state index in [-0.39, 0.29) is 6.10 Å². The number of fused-ring (bicyclic) bond motifs is 1. The number of nitrogens with one attached hydrogen (secondary N) is 1. The molecule has 1 aliphatic heterocycles. The summed E-state index contributed by atoms with van der Waals surface area (Å²) in [5.74, 6) is 0. The molecular weight excluding hydrogens is 222 g/mol. The molecule has 3 rings (SSSR count). The zero-order valence-electron chi connectivity index (χ0n) is 9.27. The molecule has 0 aliphatic carbocycles. The van der Waals surface area contributed by atoms with Crippen LogP contribution in [0, 0.1) is 6.92 Å². The molecule has 3 heterocycles. The van der Waals surface area contributed by atoms with Crippen molar-refractivity contribution in [1.82, 2.24) is 14.7 Å². The number of rotatable bonds is 1. The fourth-order valence-electron chi connectivity index (χ4n) is 2.11. The molecule has 2 aromatic heterocycles. The van der Waals surface area contributed by atoms with Crippen LogP contribution in [0.15, 0.2) is 11.6 Å². The van der Waals surface area contributed by atoms with E-state index >= 15 is 0 Å². The van der Waals surface area contributed by atoms with Gasteiger partial charge in [0.15, 0.2) is 4.96 Å². The van der Waals surface area contributed by atoms with Crippen molar-refractivity contribution in [3.8, 4) is 0 Å². The van der Waals surface area contributed by atoms with Crippen molar-refractivity contribution >= 4 is 16.3 Å². The van der Waals surface area contributed by atoms with Crippen LogP contribution in [0.2, 0.25) is 0 Å². The maximum Gasteiger partial charge on any atom is 0.194 e. The van der Waals surface area contributed by atoms with E-state index in [0.29, 0.717) is 0 Å². The van der Waals surface area contributed by atoms with Gasteiger partial charge in [-0.25, -0.2) is 4.98 Å². The molecule has 0 spiro atoms. The van der Waals surface area contributed by atoms with Gasteiger partial charge in [-0.05, 0) is 19.9 Å². The Morgan fingerprint density at radius 1 is 1.62 bits per heavy atom. The summed E-state index contributed by atoms with van der Waals surface area (Å²) in [7, 11) is 0. The van der Waals surface area contributed by atoms with Gasteiger partial charge in [0.25, 0.3) is 0 Å². The lowest BCUT2D eigenvalue weighted by atomic mass is 10.2. The van der Waals surface area contributed by atoms with E-state index in [4.69, 9.17) is 4.74 Å². The molecule has 5 heteroatoms. The molecule has 0 bridgehead atoms. The van der Waals surface area contributed by atoms with Crippen LogP contribution in [0.5, 0.6) is 0 Å². The van der Waals surface area contributed by atoms with Gasteiger partial charge in [0, 0.05) is 30.4 Å². The highest BCUT2D eigenvalue weighted by Crippen LogP contribution is 2.24. The fourth-order valence-corrected chi connectivity index (χ4v) is 2.88.